The van der Waals surface area contributed by atoms with E-state index < -0.39 is 11.7 Å². The van der Waals surface area contributed by atoms with Gasteiger partial charge in [0.05, 0.1) is 42.0 Å². The number of nitrogens with zero attached hydrogens (tertiary/aromatic N) is 3. The highest BCUT2D eigenvalue weighted by atomic mass is 35.5. The molecule has 0 aliphatic carbocycles. The highest BCUT2D eigenvalue weighted by Crippen LogP contribution is 2.42. The molecule has 0 spiro atoms. The van der Waals surface area contributed by atoms with Crippen molar-refractivity contribution in [2.45, 2.75) is 46.8 Å². The van der Waals surface area contributed by atoms with E-state index in [1.54, 1.807) is 58.2 Å². The third-order valence-corrected chi connectivity index (χ3v) is 5.24. The maximum Gasteiger partial charge on any atom is 0.412 e. The zero-order chi connectivity index (χ0) is 25.8. The molecule has 0 radical (unpaired) electrons. The molecule has 3 aromatic rings. The Labute approximate surface area is 209 Å². The number of carbonyl (C=O) groups is 2. The van der Waals surface area contributed by atoms with Crippen LogP contribution in [0.1, 0.15) is 37.9 Å². The van der Waals surface area contributed by atoms with Gasteiger partial charge in [0, 0.05) is 17.8 Å². The highest BCUT2D eigenvalue weighted by Gasteiger charge is 2.26. The molecule has 186 valence electrons. The summed E-state index contributed by atoms with van der Waals surface area (Å²) in [6.07, 6.45) is 0.962. The van der Waals surface area contributed by atoms with Crippen molar-refractivity contribution in [2.24, 2.45) is 0 Å². The number of aromatic nitrogens is 2. The van der Waals surface area contributed by atoms with E-state index in [2.05, 4.69) is 15.5 Å². The van der Waals surface area contributed by atoms with Gasteiger partial charge in [0.1, 0.15) is 23.0 Å². The van der Waals surface area contributed by atoms with Gasteiger partial charge >= 0.3 is 6.09 Å². The van der Waals surface area contributed by atoms with Crippen LogP contribution in [-0.2, 0) is 16.1 Å². The number of anilines is 2. The van der Waals surface area contributed by atoms with Crippen molar-refractivity contribution in [3.05, 3.63) is 53.7 Å². The molecular weight excluding hydrogens is 472 g/mol. The molecule has 9 nitrogen and oxygen atoms in total. The highest BCUT2D eigenvalue weighted by molar-refractivity contribution is 6.29. The Balaban J connectivity index is 2.20. The average Bonchev–Trinajstić information content (AvgIpc) is 3.14. The molecule has 0 saturated carbocycles. The van der Waals surface area contributed by atoms with Gasteiger partial charge in [-0.3, -0.25) is 15.1 Å². The van der Waals surface area contributed by atoms with E-state index >= 15 is 0 Å². The number of rotatable bonds is 7. The zero-order valence-electron chi connectivity index (χ0n) is 20.6. The minimum absolute atomic E-state index is 0.128. The number of hydrogen-bond acceptors (Lipinski definition) is 7. The van der Waals surface area contributed by atoms with Crippen molar-refractivity contribution in [2.75, 3.05) is 23.2 Å². The lowest BCUT2D eigenvalue weighted by atomic mass is 10.0. The SMILES string of the molecule is COc1cc(N(Cc2ccccn2)C(=O)CCl)c(NC(=O)OC(C)(C)C)cc1-c1c(C)noc1C. The molecule has 0 saturated heterocycles. The van der Waals surface area contributed by atoms with Crippen molar-refractivity contribution >= 4 is 35.0 Å². The Morgan fingerprint density at radius 2 is 1.94 bits per heavy atom. The molecule has 0 fully saturated rings. The lowest BCUT2D eigenvalue weighted by Gasteiger charge is -2.27. The number of halogens is 1. The Morgan fingerprint density at radius 3 is 2.49 bits per heavy atom. The third-order valence-electron chi connectivity index (χ3n) is 5.01. The van der Waals surface area contributed by atoms with Gasteiger partial charge in [-0.1, -0.05) is 11.2 Å². The number of hydrogen-bond donors (Lipinski definition) is 1. The van der Waals surface area contributed by atoms with Crippen LogP contribution in [0, 0.1) is 13.8 Å². The number of nitrogens with one attached hydrogen (secondary N) is 1. The van der Waals surface area contributed by atoms with Crippen molar-refractivity contribution in [1.82, 2.24) is 10.1 Å². The molecule has 35 heavy (non-hydrogen) atoms. The minimum Gasteiger partial charge on any atom is -0.496 e. The topological polar surface area (TPSA) is 107 Å². The monoisotopic (exact) mass is 500 g/mol. The number of alkyl halides is 1. The molecule has 0 bridgehead atoms. The van der Waals surface area contributed by atoms with Crippen LogP contribution in [0.3, 0.4) is 0 Å². The number of ether oxygens (including phenoxy) is 2. The fraction of sp³-hybridized carbons (Fsp3) is 0.360. The smallest absolute Gasteiger partial charge is 0.412 e. The fourth-order valence-electron chi connectivity index (χ4n) is 3.57. The van der Waals surface area contributed by atoms with Crippen molar-refractivity contribution < 1.29 is 23.6 Å². The summed E-state index contributed by atoms with van der Waals surface area (Å²) in [5.74, 6) is 0.389. The van der Waals surface area contributed by atoms with E-state index in [0.29, 0.717) is 39.8 Å². The lowest BCUT2D eigenvalue weighted by molar-refractivity contribution is -0.116. The largest absolute Gasteiger partial charge is 0.496 e. The van der Waals surface area contributed by atoms with Gasteiger partial charge in [-0.2, -0.15) is 0 Å². The Hall–Kier alpha value is -3.59. The summed E-state index contributed by atoms with van der Waals surface area (Å²) in [6, 6.07) is 8.78. The summed E-state index contributed by atoms with van der Waals surface area (Å²) >= 11 is 5.96. The third kappa shape index (κ3) is 6.30. The van der Waals surface area contributed by atoms with Crippen LogP contribution in [0.5, 0.6) is 5.75 Å². The number of amides is 2. The molecule has 0 aliphatic rings. The first-order valence-corrected chi connectivity index (χ1v) is 11.5. The first kappa shape index (κ1) is 26.0. The summed E-state index contributed by atoms with van der Waals surface area (Å²) in [7, 11) is 1.52. The molecule has 1 N–H and O–H groups in total. The summed E-state index contributed by atoms with van der Waals surface area (Å²) in [6.45, 7) is 9.02. The van der Waals surface area contributed by atoms with Crippen LogP contribution >= 0.6 is 11.6 Å². The standard InChI is InChI=1S/C25H29ClN4O5/c1-15-23(16(2)35-29-15)18-11-19(28-24(32)34-25(3,4)5)20(12-21(18)33-6)30(22(31)13-26)14-17-9-7-8-10-27-17/h7-12H,13-14H2,1-6H3,(H,28,32). The number of methoxy groups -OCH3 is 1. The second kappa shape index (κ2) is 10.8. The second-order valence-electron chi connectivity index (χ2n) is 8.83. The molecule has 3 rings (SSSR count). The summed E-state index contributed by atoms with van der Waals surface area (Å²) in [5.41, 5.74) is 2.63. The van der Waals surface area contributed by atoms with E-state index in [-0.39, 0.29) is 18.3 Å². The van der Waals surface area contributed by atoms with Crippen LogP contribution in [-0.4, -0.2) is 40.7 Å². The number of benzene rings is 1. The molecule has 0 atom stereocenters. The van der Waals surface area contributed by atoms with Gasteiger partial charge < -0.3 is 18.9 Å². The van der Waals surface area contributed by atoms with E-state index in [0.717, 1.165) is 5.56 Å². The van der Waals surface area contributed by atoms with E-state index in [4.69, 9.17) is 25.6 Å². The van der Waals surface area contributed by atoms with Crippen LogP contribution in [0.4, 0.5) is 16.2 Å². The second-order valence-corrected chi connectivity index (χ2v) is 9.10. The number of carbonyl (C=O) groups excluding carboxylic acids is 2. The summed E-state index contributed by atoms with van der Waals surface area (Å²) < 4.78 is 16.5. The maximum absolute atomic E-state index is 13.0. The van der Waals surface area contributed by atoms with E-state index in [1.165, 1.54) is 12.0 Å². The molecule has 2 amide bonds. The molecule has 0 aliphatic heterocycles. The van der Waals surface area contributed by atoms with Gasteiger partial charge in [0.2, 0.25) is 5.91 Å². The zero-order valence-corrected chi connectivity index (χ0v) is 21.4. The van der Waals surface area contributed by atoms with Crippen LogP contribution in [0.2, 0.25) is 0 Å². The summed E-state index contributed by atoms with van der Waals surface area (Å²) in [4.78, 5) is 31.5. The van der Waals surface area contributed by atoms with Gasteiger partial charge in [0.15, 0.2) is 0 Å². The average molecular weight is 501 g/mol. The predicted octanol–water partition coefficient (Wildman–Crippen LogP) is 5.48. The first-order valence-electron chi connectivity index (χ1n) is 11.0. The molecule has 10 heteroatoms. The Bertz CT molecular complexity index is 1190. The van der Waals surface area contributed by atoms with Crippen LogP contribution in [0.25, 0.3) is 11.1 Å². The molecule has 0 unspecified atom stereocenters. The molecular formula is C25H29ClN4O5. The lowest BCUT2D eigenvalue weighted by Crippen LogP contribution is -2.33. The van der Waals surface area contributed by atoms with Crippen LogP contribution < -0.4 is 15.0 Å². The van der Waals surface area contributed by atoms with E-state index in [9.17, 15) is 9.59 Å². The number of aryl methyl sites for hydroxylation is 2. The minimum atomic E-state index is -0.721. The number of pyridine rings is 1. The van der Waals surface area contributed by atoms with Crippen LogP contribution in [0.15, 0.2) is 41.1 Å². The Kier molecular flexibility index (Phi) is 8.01. The molecule has 2 aromatic heterocycles. The van der Waals surface area contributed by atoms with Crippen molar-refractivity contribution in [3.63, 3.8) is 0 Å². The van der Waals surface area contributed by atoms with Crippen molar-refractivity contribution in [1.29, 1.82) is 0 Å². The van der Waals surface area contributed by atoms with Gasteiger partial charge in [0.25, 0.3) is 0 Å². The van der Waals surface area contributed by atoms with E-state index in [1.807, 2.05) is 13.0 Å². The van der Waals surface area contributed by atoms with Gasteiger partial charge in [-0.05, 0) is 52.8 Å². The van der Waals surface area contributed by atoms with Gasteiger partial charge in [-0.15, -0.1) is 11.6 Å². The van der Waals surface area contributed by atoms with Crippen molar-refractivity contribution in [3.8, 4) is 16.9 Å². The predicted molar refractivity (Wildman–Crippen MR) is 134 cm³/mol. The quantitative estimate of drug-likeness (QED) is 0.428. The first-order chi connectivity index (χ1) is 16.5. The van der Waals surface area contributed by atoms with Gasteiger partial charge in [-0.25, -0.2) is 4.79 Å². The molecule has 2 heterocycles. The summed E-state index contributed by atoms with van der Waals surface area (Å²) in [5, 5.41) is 6.81. The maximum atomic E-state index is 13.0. The fourth-order valence-corrected chi connectivity index (χ4v) is 3.72. The molecule has 1 aromatic carbocycles. The Morgan fingerprint density at radius 1 is 1.20 bits per heavy atom. The normalized spacial score (nSPS) is 11.2.